The van der Waals surface area contributed by atoms with E-state index < -0.39 is 12.0 Å². The van der Waals surface area contributed by atoms with Crippen LogP contribution in [0.1, 0.15) is 25.6 Å². The van der Waals surface area contributed by atoms with Crippen LogP contribution >= 0.6 is 0 Å². The van der Waals surface area contributed by atoms with Crippen LogP contribution in [0.4, 0.5) is 13.2 Å². The molecule has 8 heteroatoms. The Morgan fingerprint density at radius 3 is 2.62 bits per heavy atom. The van der Waals surface area contributed by atoms with Gasteiger partial charge in [0.2, 0.25) is 5.82 Å². The second-order valence-corrected chi connectivity index (χ2v) is 6.56. The van der Waals surface area contributed by atoms with Crippen molar-refractivity contribution >= 4 is 17.0 Å². The van der Waals surface area contributed by atoms with Gasteiger partial charge in [-0.25, -0.2) is 4.98 Å². The minimum atomic E-state index is -4.48. The Morgan fingerprint density at radius 2 is 1.96 bits per heavy atom. The van der Waals surface area contributed by atoms with Crippen LogP contribution in [0.3, 0.4) is 0 Å². The molecule has 26 heavy (non-hydrogen) atoms. The third-order valence-corrected chi connectivity index (χ3v) is 4.71. The number of rotatable bonds is 5. The second-order valence-electron chi connectivity index (χ2n) is 6.56. The number of alkyl halides is 3. The first-order chi connectivity index (χ1) is 12.4. The summed E-state index contributed by atoms with van der Waals surface area (Å²) in [6, 6.07) is 6.69. The van der Waals surface area contributed by atoms with Crippen molar-refractivity contribution in [3.8, 4) is 0 Å². The number of nitrogens with zero attached hydrogens (tertiary/aromatic N) is 3. The molecule has 3 rings (SSSR count). The average Bonchev–Trinajstić information content (AvgIpc) is 2.96. The lowest BCUT2D eigenvalue weighted by Gasteiger charge is -2.31. The normalized spacial score (nSPS) is 16.9. The molecule has 1 aromatic carbocycles. The zero-order valence-corrected chi connectivity index (χ0v) is 14.6. The number of halogens is 3. The van der Waals surface area contributed by atoms with Gasteiger partial charge in [0.1, 0.15) is 0 Å². The monoisotopic (exact) mass is 369 g/mol. The Labute approximate surface area is 149 Å². The summed E-state index contributed by atoms with van der Waals surface area (Å²) in [4.78, 5) is 17.3. The van der Waals surface area contributed by atoms with Gasteiger partial charge in [0, 0.05) is 6.54 Å². The number of hydrogen-bond donors (Lipinski definition) is 0. The maximum absolute atomic E-state index is 13.4. The number of carbonyl (C=O) groups is 1. The molecule has 0 unspecified atom stereocenters. The van der Waals surface area contributed by atoms with Crippen molar-refractivity contribution in [3.63, 3.8) is 0 Å². The zero-order valence-electron chi connectivity index (χ0n) is 14.6. The Bertz CT molecular complexity index is 765. The number of ether oxygens (including phenoxy) is 1. The molecule has 0 atom stereocenters. The van der Waals surface area contributed by atoms with Crippen molar-refractivity contribution in [2.75, 3.05) is 26.2 Å². The van der Waals surface area contributed by atoms with Crippen LogP contribution < -0.4 is 0 Å². The first kappa shape index (κ1) is 18.7. The smallest absolute Gasteiger partial charge is 0.449 e. The van der Waals surface area contributed by atoms with E-state index in [1.165, 1.54) is 4.57 Å². The number of likely N-dealkylation sites (tertiary alicyclic amines) is 1. The lowest BCUT2D eigenvalue weighted by Crippen LogP contribution is -2.39. The number of carbonyl (C=O) groups excluding carboxylic acids is 1. The number of piperidine rings is 1. The molecular formula is C18H22F3N3O2. The maximum atomic E-state index is 13.4. The predicted octanol–water partition coefficient (Wildman–Crippen LogP) is 3.33. The zero-order chi connectivity index (χ0) is 18.7. The summed E-state index contributed by atoms with van der Waals surface area (Å²) in [5, 5.41) is 0. The highest BCUT2D eigenvalue weighted by Gasteiger charge is 2.38. The lowest BCUT2D eigenvalue weighted by molar-refractivity contribution is -0.148. The van der Waals surface area contributed by atoms with Crippen LogP contribution in [0, 0.1) is 5.92 Å². The molecule has 1 aliphatic heterocycles. The van der Waals surface area contributed by atoms with Crippen molar-refractivity contribution in [1.82, 2.24) is 14.5 Å². The fourth-order valence-electron chi connectivity index (χ4n) is 3.45. The first-order valence-electron chi connectivity index (χ1n) is 8.79. The van der Waals surface area contributed by atoms with Crippen molar-refractivity contribution in [2.45, 2.75) is 32.5 Å². The molecule has 2 aromatic rings. The molecule has 1 saturated heterocycles. The highest BCUT2D eigenvalue weighted by atomic mass is 19.4. The van der Waals surface area contributed by atoms with E-state index in [4.69, 9.17) is 4.74 Å². The number of benzene rings is 1. The van der Waals surface area contributed by atoms with Gasteiger partial charge < -0.3 is 9.30 Å². The van der Waals surface area contributed by atoms with Gasteiger partial charge in [-0.15, -0.1) is 0 Å². The van der Waals surface area contributed by atoms with Crippen LogP contribution in [-0.2, 0) is 22.3 Å². The summed E-state index contributed by atoms with van der Waals surface area (Å²) < 4.78 is 46.4. The SMILES string of the molecule is CCOC(=O)CN1CCC(Cn2c(C(F)(F)F)nc3ccccc32)CC1. The predicted molar refractivity (Wildman–Crippen MR) is 90.5 cm³/mol. The molecule has 142 valence electrons. The van der Waals surface area contributed by atoms with Gasteiger partial charge in [-0.1, -0.05) is 12.1 Å². The molecule has 1 fully saturated rings. The van der Waals surface area contributed by atoms with Gasteiger partial charge in [0.05, 0.1) is 24.2 Å². The molecule has 5 nitrogen and oxygen atoms in total. The van der Waals surface area contributed by atoms with E-state index in [0.717, 1.165) is 12.8 Å². The number of para-hydroxylation sites is 2. The molecule has 0 bridgehead atoms. The number of hydrogen-bond acceptors (Lipinski definition) is 4. The van der Waals surface area contributed by atoms with Crippen molar-refractivity contribution < 1.29 is 22.7 Å². The summed E-state index contributed by atoms with van der Waals surface area (Å²) in [6.45, 7) is 3.99. The summed E-state index contributed by atoms with van der Waals surface area (Å²) in [5.74, 6) is -0.981. The van der Waals surface area contributed by atoms with E-state index in [-0.39, 0.29) is 25.0 Å². The fraction of sp³-hybridized carbons (Fsp3) is 0.556. The highest BCUT2D eigenvalue weighted by molar-refractivity contribution is 5.76. The summed E-state index contributed by atoms with van der Waals surface area (Å²) >= 11 is 0. The van der Waals surface area contributed by atoms with Crippen molar-refractivity contribution in [1.29, 1.82) is 0 Å². The average molecular weight is 369 g/mol. The van der Waals surface area contributed by atoms with Crippen LogP contribution in [0.15, 0.2) is 24.3 Å². The molecule has 2 heterocycles. The van der Waals surface area contributed by atoms with Crippen molar-refractivity contribution in [3.05, 3.63) is 30.1 Å². The van der Waals surface area contributed by atoms with E-state index in [1.54, 1.807) is 31.2 Å². The number of esters is 1. The molecule has 0 saturated carbocycles. The van der Waals surface area contributed by atoms with E-state index in [2.05, 4.69) is 4.98 Å². The van der Waals surface area contributed by atoms with Gasteiger partial charge >= 0.3 is 12.1 Å². The molecule has 0 N–H and O–H groups in total. The molecule has 0 radical (unpaired) electrons. The summed E-state index contributed by atoms with van der Waals surface area (Å²) in [7, 11) is 0. The van der Waals surface area contributed by atoms with E-state index in [1.807, 2.05) is 4.90 Å². The largest absolute Gasteiger partial charge is 0.465 e. The lowest BCUT2D eigenvalue weighted by atomic mass is 9.96. The first-order valence-corrected chi connectivity index (χ1v) is 8.79. The van der Waals surface area contributed by atoms with Crippen LogP contribution in [0.25, 0.3) is 11.0 Å². The number of imidazole rings is 1. The third-order valence-electron chi connectivity index (χ3n) is 4.71. The molecule has 0 amide bonds. The Morgan fingerprint density at radius 1 is 1.27 bits per heavy atom. The Kier molecular flexibility index (Phi) is 5.50. The van der Waals surface area contributed by atoms with Crippen LogP contribution in [-0.4, -0.2) is 46.7 Å². The molecule has 1 aromatic heterocycles. The quantitative estimate of drug-likeness (QED) is 0.759. The maximum Gasteiger partial charge on any atom is 0.449 e. The van der Waals surface area contributed by atoms with Gasteiger partial charge in [0.25, 0.3) is 0 Å². The van der Waals surface area contributed by atoms with E-state index >= 15 is 0 Å². The molecule has 1 aliphatic rings. The van der Waals surface area contributed by atoms with E-state index in [9.17, 15) is 18.0 Å². The second kappa shape index (κ2) is 7.65. The van der Waals surface area contributed by atoms with Crippen LogP contribution in [0.2, 0.25) is 0 Å². The van der Waals surface area contributed by atoms with Gasteiger partial charge in [0.15, 0.2) is 0 Å². The Balaban J connectivity index is 1.69. The van der Waals surface area contributed by atoms with Gasteiger partial charge in [-0.05, 0) is 50.9 Å². The minimum Gasteiger partial charge on any atom is -0.465 e. The summed E-state index contributed by atoms with van der Waals surface area (Å²) in [5.41, 5.74) is 0.869. The highest BCUT2D eigenvalue weighted by Crippen LogP contribution is 2.33. The molecular weight excluding hydrogens is 347 g/mol. The number of fused-ring (bicyclic) bond motifs is 1. The van der Waals surface area contributed by atoms with Crippen molar-refractivity contribution in [2.24, 2.45) is 5.92 Å². The third kappa shape index (κ3) is 4.17. The molecule has 0 aliphatic carbocycles. The van der Waals surface area contributed by atoms with Gasteiger partial charge in [-0.3, -0.25) is 9.69 Å². The Hall–Kier alpha value is -2.09. The van der Waals surface area contributed by atoms with Crippen LogP contribution in [0.5, 0.6) is 0 Å². The standard InChI is InChI=1S/C18H22F3N3O2/c1-2-26-16(25)12-23-9-7-13(8-10-23)11-24-15-6-4-3-5-14(15)22-17(24)18(19,20)21/h3-6,13H,2,7-12H2,1H3. The topological polar surface area (TPSA) is 47.4 Å². The fourth-order valence-corrected chi connectivity index (χ4v) is 3.45. The van der Waals surface area contributed by atoms with E-state index in [0.29, 0.717) is 30.7 Å². The minimum absolute atomic E-state index is 0.118. The number of aromatic nitrogens is 2. The van der Waals surface area contributed by atoms with Gasteiger partial charge in [-0.2, -0.15) is 13.2 Å². The molecule has 0 spiro atoms. The summed E-state index contributed by atoms with van der Waals surface area (Å²) in [6.07, 6.45) is -3.00.